The molecule has 0 saturated carbocycles. The van der Waals surface area contributed by atoms with E-state index in [1.54, 1.807) is 7.05 Å². The third kappa shape index (κ3) is 5.17. The second-order valence-corrected chi connectivity index (χ2v) is 6.02. The van der Waals surface area contributed by atoms with E-state index in [4.69, 9.17) is 0 Å². The van der Waals surface area contributed by atoms with Crippen LogP contribution in [-0.4, -0.2) is 27.1 Å². The van der Waals surface area contributed by atoms with Crippen LogP contribution in [0.1, 0.15) is 16.7 Å². The largest absolute Gasteiger partial charge is 0.378 e. The molecule has 0 heterocycles. The van der Waals surface area contributed by atoms with Gasteiger partial charge in [-0.25, -0.2) is 8.78 Å². The molecule has 0 aromatic heterocycles. The molecule has 25 heavy (non-hydrogen) atoms. The molecular formula is C19H24F2N4. The lowest BCUT2D eigenvalue weighted by molar-refractivity contribution is 0.581. The van der Waals surface area contributed by atoms with E-state index in [1.165, 1.54) is 11.6 Å². The third-order valence-electron chi connectivity index (χ3n) is 3.97. The number of nitrogens with one attached hydrogen (secondary N) is 2. The van der Waals surface area contributed by atoms with Crippen LogP contribution in [0.15, 0.2) is 41.4 Å². The first-order chi connectivity index (χ1) is 11.9. The summed E-state index contributed by atoms with van der Waals surface area (Å²) in [6.07, 6.45) is 0. The quantitative estimate of drug-likeness (QED) is 0.645. The molecule has 4 nitrogen and oxygen atoms in total. The molecule has 134 valence electrons. The summed E-state index contributed by atoms with van der Waals surface area (Å²) in [6, 6.07) is 9.65. The minimum absolute atomic E-state index is 0.155. The zero-order valence-electron chi connectivity index (χ0n) is 15.0. The van der Waals surface area contributed by atoms with E-state index in [9.17, 15) is 8.78 Å². The van der Waals surface area contributed by atoms with Crippen LogP contribution >= 0.6 is 0 Å². The molecule has 6 heteroatoms. The van der Waals surface area contributed by atoms with Crippen molar-refractivity contribution in [1.29, 1.82) is 0 Å². The Morgan fingerprint density at radius 3 is 2.28 bits per heavy atom. The SMILES string of the molecule is CN=C(NCc1ccc(N(C)C)cc1C)NCc1cc(F)ccc1F. The fraction of sp³-hybridized carbons (Fsp3) is 0.316. The summed E-state index contributed by atoms with van der Waals surface area (Å²) in [4.78, 5) is 6.17. The Morgan fingerprint density at radius 2 is 1.68 bits per heavy atom. The van der Waals surface area contributed by atoms with Crippen LogP contribution in [0.5, 0.6) is 0 Å². The van der Waals surface area contributed by atoms with Crippen molar-refractivity contribution in [3.8, 4) is 0 Å². The van der Waals surface area contributed by atoms with Gasteiger partial charge >= 0.3 is 0 Å². The molecule has 0 atom stereocenters. The minimum atomic E-state index is -0.460. The number of halogens is 2. The Labute approximate surface area is 147 Å². The van der Waals surface area contributed by atoms with E-state index in [2.05, 4.69) is 45.6 Å². The van der Waals surface area contributed by atoms with Crippen molar-refractivity contribution in [3.63, 3.8) is 0 Å². The molecule has 0 aliphatic rings. The molecule has 0 saturated heterocycles. The van der Waals surface area contributed by atoms with Crippen LogP contribution in [0, 0.1) is 18.6 Å². The molecule has 0 radical (unpaired) electrons. The van der Waals surface area contributed by atoms with E-state index in [1.807, 2.05) is 14.1 Å². The topological polar surface area (TPSA) is 39.7 Å². The molecular weight excluding hydrogens is 322 g/mol. The van der Waals surface area contributed by atoms with E-state index < -0.39 is 11.6 Å². The van der Waals surface area contributed by atoms with Crippen LogP contribution < -0.4 is 15.5 Å². The zero-order chi connectivity index (χ0) is 18.4. The Morgan fingerprint density at radius 1 is 1.00 bits per heavy atom. The molecule has 0 aliphatic heterocycles. The average Bonchev–Trinajstić information content (AvgIpc) is 2.58. The number of benzene rings is 2. The highest BCUT2D eigenvalue weighted by Gasteiger charge is 2.06. The van der Waals surface area contributed by atoms with Gasteiger partial charge in [-0.2, -0.15) is 0 Å². The van der Waals surface area contributed by atoms with Gasteiger partial charge in [-0.15, -0.1) is 0 Å². The number of anilines is 1. The fourth-order valence-electron chi connectivity index (χ4n) is 2.41. The molecule has 2 N–H and O–H groups in total. The summed E-state index contributed by atoms with van der Waals surface area (Å²) in [5.74, 6) is -0.378. The van der Waals surface area contributed by atoms with Gasteiger partial charge in [-0.1, -0.05) is 6.07 Å². The van der Waals surface area contributed by atoms with Crippen LogP contribution in [0.25, 0.3) is 0 Å². The van der Waals surface area contributed by atoms with Gasteiger partial charge in [0.05, 0.1) is 0 Å². The average molecular weight is 346 g/mol. The maximum Gasteiger partial charge on any atom is 0.191 e. The standard InChI is InChI=1S/C19H24F2N4/c1-13-9-17(25(3)4)7-5-14(13)11-23-19(22-2)24-12-15-10-16(20)6-8-18(15)21/h5-10H,11-12H2,1-4H3,(H2,22,23,24). The lowest BCUT2D eigenvalue weighted by Crippen LogP contribution is -2.36. The van der Waals surface area contributed by atoms with E-state index >= 15 is 0 Å². The molecule has 0 spiro atoms. The number of hydrogen-bond donors (Lipinski definition) is 2. The molecule has 0 unspecified atom stereocenters. The van der Waals surface area contributed by atoms with Gasteiger partial charge in [0.15, 0.2) is 5.96 Å². The smallest absolute Gasteiger partial charge is 0.191 e. The highest BCUT2D eigenvalue weighted by molar-refractivity contribution is 5.79. The normalized spacial score (nSPS) is 11.4. The summed E-state index contributed by atoms with van der Waals surface area (Å²) in [6.45, 7) is 2.80. The fourth-order valence-corrected chi connectivity index (χ4v) is 2.41. The number of aryl methyl sites for hydroxylation is 1. The van der Waals surface area contributed by atoms with E-state index in [-0.39, 0.29) is 12.1 Å². The summed E-state index contributed by atoms with van der Waals surface area (Å²) in [7, 11) is 5.65. The summed E-state index contributed by atoms with van der Waals surface area (Å²) in [5, 5.41) is 6.19. The monoisotopic (exact) mass is 346 g/mol. The maximum atomic E-state index is 13.7. The first-order valence-electron chi connectivity index (χ1n) is 8.06. The van der Waals surface area contributed by atoms with Crippen molar-refractivity contribution in [3.05, 3.63) is 64.7 Å². The van der Waals surface area contributed by atoms with Gasteiger partial charge in [0.25, 0.3) is 0 Å². The predicted molar refractivity (Wildman–Crippen MR) is 98.9 cm³/mol. The summed E-state index contributed by atoms with van der Waals surface area (Å²) in [5.41, 5.74) is 3.72. The van der Waals surface area contributed by atoms with Crippen molar-refractivity contribution < 1.29 is 8.78 Å². The predicted octanol–water partition coefficient (Wildman–Crippen LogP) is 3.20. The Hall–Kier alpha value is -2.63. The summed E-state index contributed by atoms with van der Waals surface area (Å²) < 4.78 is 26.9. The first kappa shape index (κ1) is 18.7. The number of guanidine groups is 1. The van der Waals surface area contributed by atoms with Crippen molar-refractivity contribution >= 4 is 11.6 Å². The highest BCUT2D eigenvalue weighted by atomic mass is 19.1. The second kappa shape index (κ2) is 8.46. The minimum Gasteiger partial charge on any atom is -0.378 e. The number of nitrogens with zero attached hydrogens (tertiary/aromatic N) is 2. The Kier molecular flexibility index (Phi) is 6.33. The van der Waals surface area contributed by atoms with Crippen LogP contribution in [-0.2, 0) is 13.1 Å². The van der Waals surface area contributed by atoms with Gasteiger partial charge < -0.3 is 15.5 Å². The van der Waals surface area contributed by atoms with Crippen LogP contribution in [0.4, 0.5) is 14.5 Å². The van der Waals surface area contributed by atoms with Crippen molar-refractivity contribution in [1.82, 2.24) is 10.6 Å². The Balaban J connectivity index is 1.95. The van der Waals surface area contributed by atoms with Crippen molar-refractivity contribution in [2.45, 2.75) is 20.0 Å². The van der Waals surface area contributed by atoms with E-state index in [0.717, 1.165) is 23.4 Å². The van der Waals surface area contributed by atoms with Crippen molar-refractivity contribution in [2.24, 2.45) is 4.99 Å². The van der Waals surface area contributed by atoms with Gasteiger partial charge in [0.1, 0.15) is 11.6 Å². The maximum absolute atomic E-state index is 13.7. The molecule has 0 amide bonds. The van der Waals surface area contributed by atoms with Gasteiger partial charge in [-0.05, 0) is 48.4 Å². The highest BCUT2D eigenvalue weighted by Crippen LogP contribution is 2.17. The molecule has 0 bridgehead atoms. The third-order valence-corrected chi connectivity index (χ3v) is 3.97. The van der Waals surface area contributed by atoms with Gasteiger partial charge in [0, 0.05) is 45.5 Å². The van der Waals surface area contributed by atoms with Gasteiger partial charge in [0.2, 0.25) is 0 Å². The van der Waals surface area contributed by atoms with Crippen molar-refractivity contribution in [2.75, 3.05) is 26.0 Å². The lowest BCUT2D eigenvalue weighted by Gasteiger charge is -2.16. The second-order valence-electron chi connectivity index (χ2n) is 6.02. The van der Waals surface area contributed by atoms with Crippen LogP contribution in [0.2, 0.25) is 0 Å². The molecule has 2 rings (SSSR count). The zero-order valence-corrected chi connectivity index (χ0v) is 15.0. The molecule has 0 fully saturated rings. The molecule has 2 aromatic carbocycles. The Bertz CT molecular complexity index is 757. The van der Waals surface area contributed by atoms with Gasteiger partial charge in [-0.3, -0.25) is 4.99 Å². The number of hydrogen-bond acceptors (Lipinski definition) is 2. The van der Waals surface area contributed by atoms with E-state index in [0.29, 0.717) is 12.5 Å². The first-order valence-corrected chi connectivity index (χ1v) is 8.06. The number of rotatable bonds is 5. The molecule has 2 aromatic rings. The lowest BCUT2D eigenvalue weighted by atomic mass is 10.1. The molecule has 0 aliphatic carbocycles. The van der Waals surface area contributed by atoms with Crippen LogP contribution in [0.3, 0.4) is 0 Å². The summed E-state index contributed by atoms with van der Waals surface area (Å²) >= 11 is 0. The number of aliphatic imine (C=N–C) groups is 1.